The normalized spacial score (nSPS) is 10.6. The minimum absolute atomic E-state index is 0.0420. The molecule has 3 N–H and O–H groups in total. The van der Waals surface area contributed by atoms with Gasteiger partial charge in [0.2, 0.25) is 0 Å². The van der Waals surface area contributed by atoms with Gasteiger partial charge in [-0.3, -0.25) is 0 Å². The number of rotatable bonds is 4. The van der Waals surface area contributed by atoms with Gasteiger partial charge in [0.05, 0.1) is 0 Å². The largest absolute Gasteiger partial charge is 0.508 e. The van der Waals surface area contributed by atoms with E-state index in [2.05, 4.69) is 0 Å². The monoisotopic (exact) mass is 278 g/mol. The first-order chi connectivity index (χ1) is 9.56. The van der Waals surface area contributed by atoms with Crippen LogP contribution in [0.3, 0.4) is 0 Å². The highest BCUT2D eigenvalue weighted by molar-refractivity contribution is 5.65. The lowest BCUT2D eigenvalue weighted by Crippen LogP contribution is -2.19. The SMILES string of the molecule is CCN(c1cccc(O)c1)c1c(F)cc(CN)cc1F. The predicted molar refractivity (Wildman–Crippen MR) is 75.0 cm³/mol. The second kappa shape index (κ2) is 5.88. The Labute approximate surface area is 116 Å². The molecule has 0 bridgehead atoms. The van der Waals surface area contributed by atoms with E-state index in [0.717, 1.165) is 0 Å². The minimum atomic E-state index is -0.671. The van der Waals surface area contributed by atoms with Gasteiger partial charge in [0.1, 0.15) is 23.1 Å². The fourth-order valence-electron chi connectivity index (χ4n) is 2.12. The molecule has 2 aromatic carbocycles. The second-order valence-electron chi connectivity index (χ2n) is 4.38. The minimum Gasteiger partial charge on any atom is -0.508 e. The highest BCUT2D eigenvalue weighted by atomic mass is 19.1. The summed E-state index contributed by atoms with van der Waals surface area (Å²) >= 11 is 0. The third-order valence-electron chi connectivity index (χ3n) is 3.04. The summed E-state index contributed by atoms with van der Waals surface area (Å²) < 4.78 is 28.2. The molecular formula is C15H16F2N2O. The van der Waals surface area contributed by atoms with Crippen molar-refractivity contribution < 1.29 is 13.9 Å². The van der Waals surface area contributed by atoms with Gasteiger partial charge in [0.15, 0.2) is 0 Å². The van der Waals surface area contributed by atoms with Crippen molar-refractivity contribution in [3.63, 3.8) is 0 Å². The summed E-state index contributed by atoms with van der Waals surface area (Å²) in [6.45, 7) is 2.21. The molecule has 5 heteroatoms. The summed E-state index contributed by atoms with van der Waals surface area (Å²) in [5.41, 5.74) is 6.17. The highest BCUT2D eigenvalue weighted by Gasteiger charge is 2.18. The van der Waals surface area contributed by atoms with Gasteiger partial charge in [-0.05, 0) is 36.8 Å². The Morgan fingerprint density at radius 2 is 1.80 bits per heavy atom. The Balaban J connectivity index is 2.52. The molecular weight excluding hydrogens is 262 g/mol. The van der Waals surface area contributed by atoms with Crippen molar-refractivity contribution in [2.24, 2.45) is 5.73 Å². The molecule has 2 aromatic rings. The van der Waals surface area contributed by atoms with Crippen LogP contribution in [0.15, 0.2) is 36.4 Å². The molecule has 0 fully saturated rings. The van der Waals surface area contributed by atoms with Gasteiger partial charge in [0, 0.05) is 24.8 Å². The van der Waals surface area contributed by atoms with Gasteiger partial charge in [-0.25, -0.2) is 8.78 Å². The average molecular weight is 278 g/mol. The van der Waals surface area contributed by atoms with E-state index in [0.29, 0.717) is 17.8 Å². The van der Waals surface area contributed by atoms with Crippen molar-refractivity contribution in [2.75, 3.05) is 11.4 Å². The number of hydrogen-bond acceptors (Lipinski definition) is 3. The van der Waals surface area contributed by atoms with Crippen LogP contribution in [0, 0.1) is 11.6 Å². The van der Waals surface area contributed by atoms with Crippen LogP contribution in [0.4, 0.5) is 20.2 Å². The lowest BCUT2D eigenvalue weighted by molar-refractivity contribution is 0.475. The molecule has 0 heterocycles. The molecule has 0 aliphatic heterocycles. The first-order valence-electron chi connectivity index (χ1n) is 6.31. The number of hydrogen-bond donors (Lipinski definition) is 2. The Kier molecular flexibility index (Phi) is 4.20. The van der Waals surface area contributed by atoms with Crippen LogP contribution < -0.4 is 10.6 Å². The lowest BCUT2D eigenvalue weighted by atomic mass is 10.1. The van der Waals surface area contributed by atoms with Gasteiger partial charge in [0.25, 0.3) is 0 Å². The zero-order chi connectivity index (χ0) is 14.7. The number of benzene rings is 2. The number of phenolic OH excluding ortho intramolecular Hbond substituents is 1. The van der Waals surface area contributed by atoms with Gasteiger partial charge in [-0.2, -0.15) is 0 Å². The molecule has 0 amide bonds. The van der Waals surface area contributed by atoms with Crippen molar-refractivity contribution in [1.29, 1.82) is 0 Å². The van der Waals surface area contributed by atoms with E-state index in [1.807, 2.05) is 0 Å². The highest BCUT2D eigenvalue weighted by Crippen LogP contribution is 2.32. The van der Waals surface area contributed by atoms with Crippen LogP contribution in [-0.2, 0) is 6.54 Å². The van der Waals surface area contributed by atoms with E-state index in [4.69, 9.17) is 5.73 Å². The Hall–Kier alpha value is -2.14. The molecule has 2 rings (SSSR count). The van der Waals surface area contributed by atoms with Crippen molar-refractivity contribution in [1.82, 2.24) is 0 Å². The van der Waals surface area contributed by atoms with E-state index in [1.165, 1.54) is 29.2 Å². The van der Waals surface area contributed by atoms with Gasteiger partial charge < -0.3 is 15.7 Å². The maximum Gasteiger partial charge on any atom is 0.150 e. The molecule has 0 atom stereocenters. The number of aromatic hydroxyl groups is 1. The van der Waals surface area contributed by atoms with Crippen LogP contribution >= 0.6 is 0 Å². The topological polar surface area (TPSA) is 49.5 Å². The molecule has 3 nitrogen and oxygen atoms in total. The fraction of sp³-hybridized carbons (Fsp3) is 0.200. The quantitative estimate of drug-likeness (QED) is 0.902. The maximum atomic E-state index is 14.1. The second-order valence-corrected chi connectivity index (χ2v) is 4.38. The molecule has 0 saturated carbocycles. The standard InChI is InChI=1S/C15H16F2N2O/c1-2-19(11-4-3-5-12(20)8-11)15-13(16)6-10(9-18)7-14(15)17/h3-8,20H,2,9,18H2,1H3. The van der Waals surface area contributed by atoms with Gasteiger partial charge >= 0.3 is 0 Å². The average Bonchev–Trinajstić information content (AvgIpc) is 2.42. The van der Waals surface area contributed by atoms with Crippen molar-refractivity contribution in [2.45, 2.75) is 13.5 Å². The summed E-state index contributed by atoms with van der Waals surface area (Å²) in [6.07, 6.45) is 0. The van der Waals surface area contributed by atoms with Crippen LogP contribution in [0.1, 0.15) is 12.5 Å². The summed E-state index contributed by atoms with van der Waals surface area (Å²) in [4.78, 5) is 1.46. The third kappa shape index (κ3) is 2.72. The molecule has 0 aromatic heterocycles. The van der Waals surface area contributed by atoms with Crippen LogP contribution in [-0.4, -0.2) is 11.7 Å². The molecule has 20 heavy (non-hydrogen) atoms. The van der Waals surface area contributed by atoms with E-state index in [-0.39, 0.29) is 18.0 Å². The molecule has 0 aliphatic rings. The molecule has 106 valence electrons. The van der Waals surface area contributed by atoms with Gasteiger partial charge in [-0.15, -0.1) is 0 Å². The smallest absolute Gasteiger partial charge is 0.150 e. The zero-order valence-corrected chi connectivity index (χ0v) is 11.1. The summed E-state index contributed by atoms with van der Waals surface area (Å²) in [6, 6.07) is 8.71. The first-order valence-corrected chi connectivity index (χ1v) is 6.31. The fourth-order valence-corrected chi connectivity index (χ4v) is 2.12. The summed E-state index contributed by atoms with van der Waals surface area (Å²) in [5, 5.41) is 9.49. The Morgan fingerprint density at radius 3 is 2.30 bits per heavy atom. The number of nitrogens with zero attached hydrogens (tertiary/aromatic N) is 1. The predicted octanol–water partition coefficient (Wildman–Crippen LogP) is 3.29. The lowest BCUT2D eigenvalue weighted by Gasteiger charge is -2.24. The van der Waals surface area contributed by atoms with E-state index >= 15 is 0 Å². The van der Waals surface area contributed by atoms with Crippen LogP contribution in [0.2, 0.25) is 0 Å². The summed E-state index contributed by atoms with van der Waals surface area (Å²) in [7, 11) is 0. The molecule has 0 spiro atoms. The van der Waals surface area contributed by atoms with Crippen molar-refractivity contribution in [3.8, 4) is 5.75 Å². The molecule has 0 saturated heterocycles. The van der Waals surface area contributed by atoms with Gasteiger partial charge in [-0.1, -0.05) is 6.07 Å². The van der Waals surface area contributed by atoms with Crippen LogP contribution in [0.25, 0.3) is 0 Å². The maximum absolute atomic E-state index is 14.1. The third-order valence-corrected chi connectivity index (χ3v) is 3.04. The molecule has 0 aliphatic carbocycles. The van der Waals surface area contributed by atoms with E-state index < -0.39 is 11.6 Å². The molecule has 0 radical (unpaired) electrons. The number of phenols is 1. The number of nitrogens with two attached hydrogens (primary N) is 1. The molecule has 0 unspecified atom stereocenters. The number of anilines is 2. The zero-order valence-electron chi connectivity index (χ0n) is 11.1. The van der Waals surface area contributed by atoms with E-state index in [9.17, 15) is 13.9 Å². The Morgan fingerprint density at radius 1 is 1.15 bits per heavy atom. The summed E-state index contributed by atoms with van der Waals surface area (Å²) in [5.74, 6) is -1.30. The number of halogens is 2. The van der Waals surface area contributed by atoms with E-state index in [1.54, 1.807) is 19.1 Å². The first kappa shape index (κ1) is 14.3. The van der Waals surface area contributed by atoms with Crippen LogP contribution in [0.5, 0.6) is 5.75 Å². The van der Waals surface area contributed by atoms with Crippen molar-refractivity contribution in [3.05, 3.63) is 53.6 Å². The Bertz CT molecular complexity index is 594. The van der Waals surface area contributed by atoms with Crippen molar-refractivity contribution >= 4 is 11.4 Å².